The smallest absolute Gasteiger partial charge is 0.269 e. The van der Waals surface area contributed by atoms with Crippen LogP contribution in [0.1, 0.15) is 44.2 Å². The van der Waals surface area contributed by atoms with Gasteiger partial charge in [-0.25, -0.2) is 0 Å². The second-order valence-electron chi connectivity index (χ2n) is 3.95. The van der Waals surface area contributed by atoms with E-state index in [2.05, 4.69) is 6.92 Å². The molecule has 5 heteroatoms. The molecule has 0 saturated heterocycles. The van der Waals surface area contributed by atoms with Crippen LogP contribution in [0, 0.1) is 10.1 Å². The van der Waals surface area contributed by atoms with Crippen LogP contribution in [0.2, 0.25) is 0 Å². The van der Waals surface area contributed by atoms with E-state index in [1.54, 1.807) is 12.1 Å². The van der Waals surface area contributed by atoms with Crippen molar-refractivity contribution in [2.75, 3.05) is 0 Å². The molecule has 0 unspecified atom stereocenters. The van der Waals surface area contributed by atoms with Crippen LogP contribution >= 0.6 is 12.4 Å². The lowest BCUT2D eigenvalue weighted by Crippen LogP contribution is -2.09. The molecule has 1 atom stereocenters. The predicted octanol–water partition coefficient (Wildman–Crippen LogP) is 3.60. The van der Waals surface area contributed by atoms with Gasteiger partial charge in [0.05, 0.1) is 4.92 Å². The standard InChI is InChI=1S/C12H18N2O2.ClH/c1-2-3-4-5-12(13)10-6-8-11(9-7-10)14(15)16;/h6-9,12H,2-5,13H2,1H3;1H/t12-;/m1./s1. The molecule has 1 aromatic carbocycles. The van der Waals surface area contributed by atoms with Gasteiger partial charge in [-0.1, -0.05) is 38.3 Å². The molecule has 0 aromatic heterocycles. The zero-order valence-electron chi connectivity index (χ0n) is 9.96. The van der Waals surface area contributed by atoms with Gasteiger partial charge in [0.15, 0.2) is 0 Å². The number of nitrogens with zero attached hydrogens (tertiary/aromatic N) is 1. The third kappa shape index (κ3) is 5.15. The summed E-state index contributed by atoms with van der Waals surface area (Å²) in [6, 6.07) is 6.50. The Bertz CT molecular complexity index is 341. The quantitative estimate of drug-likeness (QED) is 0.482. The fraction of sp³-hybridized carbons (Fsp3) is 0.500. The number of hydrogen-bond acceptors (Lipinski definition) is 3. The number of rotatable bonds is 6. The van der Waals surface area contributed by atoms with E-state index >= 15 is 0 Å². The third-order valence-electron chi connectivity index (χ3n) is 2.65. The average Bonchev–Trinajstić information content (AvgIpc) is 2.29. The van der Waals surface area contributed by atoms with Gasteiger partial charge in [0, 0.05) is 18.2 Å². The molecular formula is C12H19ClN2O2. The minimum absolute atomic E-state index is 0. The highest BCUT2D eigenvalue weighted by atomic mass is 35.5. The number of hydrogen-bond donors (Lipinski definition) is 1. The molecule has 4 nitrogen and oxygen atoms in total. The van der Waals surface area contributed by atoms with Gasteiger partial charge in [-0.2, -0.15) is 0 Å². The number of nitrogens with two attached hydrogens (primary N) is 1. The van der Waals surface area contributed by atoms with Gasteiger partial charge < -0.3 is 5.73 Å². The first kappa shape index (κ1) is 15.9. The molecule has 0 radical (unpaired) electrons. The zero-order chi connectivity index (χ0) is 12.0. The number of unbranched alkanes of at least 4 members (excludes halogenated alkanes) is 2. The Hall–Kier alpha value is -1.13. The lowest BCUT2D eigenvalue weighted by Gasteiger charge is -2.11. The number of nitro groups is 1. The maximum absolute atomic E-state index is 10.5. The Morgan fingerprint density at radius 1 is 1.29 bits per heavy atom. The lowest BCUT2D eigenvalue weighted by molar-refractivity contribution is -0.384. The predicted molar refractivity (Wildman–Crippen MR) is 71.4 cm³/mol. The molecule has 1 rings (SSSR count). The SMILES string of the molecule is CCCCC[C@@H](N)c1ccc([N+](=O)[O-])cc1.Cl. The van der Waals surface area contributed by atoms with Crippen LogP contribution in [0.25, 0.3) is 0 Å². The zero-order valence-corrected chi connectivity index (χ0v) is 10.8. The number of benzene rings is 1. The first-order valence-electron chi connectivity index (χ1n) is 5.65. The van der Waals surface area contributed by atoms with E-state index in [1.807, 2.05) is 0 Å². The molecule has 0 fully saturated rings. The summed E-state index contributed by atoms with van der Waals surface area (Å²) < 4.78 is 0. The maximum Gasteiger partial charge on any atom is 0.269 e. The summed E-state index contributed by atoms with van der Waals surface area (Å²) in [5, 5.41) is 10.5. The fourth-order valence-electron chi connectivity index (χ4n) is 1.62. The molecule has 0 aliphatic heterocycles. The van der Waals surface area contributed by atoms with E-state index in [9.17, 15) is 10.1 Å². The van der Waals surface area contributed by atoms with E-state index in [0.717, 1.165) is 18.4 Å². The third-order valence-corrected chi connectivity index (χ3v) is 2.65. The van der Waals surface area contributed by atoms with Crippen LogP contribution < -0.4 is 5.73 Å². The van der Waals surface area contributed by atoms with E-state index in [1.165, 1.54) is 25.0 Å². The molecule has 0 amide bonds. The summed E-state index contributed by atoms with van der Waals surface area (Å²) in [6.45, 7) is 2.15. The van der Waals surface area contributed by atoms with E-state index in [-0.39, 0.29) is 24.1 Å². The maximum atomic E-state index is 10.5. The second kappa shape index (κ2) is 8.03. The Kier molecular flexibility index (Phi) is 7.50. The monoisotopic (exact) mass is 258 g/mol. The van der Waals surface area contributed by atoms with Crippen molar-refractivity contribution in [3.63, 3.8) is 0 Å². The molecule has 0 bridgehead atoms. The fourth-order valence-corrected chi connectivity index (χ4v) is 1.62. The molecule has 0 aliphatic rings. The molecule has 0 spiro atoms. The molecule has 96 valence electrons. The van der Waals surface area contributed by atoms with Gasteiger partial charge >= 0.3 is 0 Å². The molecule has 0 saturated carbocycles. The van der Waals surface area contributed by atoms with E-state index in [0.29, 0.717) is 0 Å². The van der Waals surface area contributed by atoms with E-state index in [4.69, 9.17) is 5.73 Å². The highest BCUT2D eigenvalue weighted by Crippen LogP contribution is 2.20. The molecule has 17 heavy (non-hydrogen) atoms. The van der Waals surface area contributed by atoms with E-state index < -0.39 is 4.92 Å². The molecule has 2 N–H and O–H groups in total. The van der Waals surface area contributed by atoms with Gasteiger partial charge in [0.25, 0.3) is 5.69 Å². The van der Waals surface area contributed by atoms with Crippen LogP contribution in [0.15, 0.2) is 24.3 Å². The molecule has 1 aromatic rings. The lowest BCUT2D eigenvalue weighted by atomic mass is 10.0. The van der Waals surface area contributed by atoms with Crippen LogP contribution in [-0.4, -0.2) is 4.92 Å². The average molecular weight is 259 g/mol. The summed E-state index contributed by atoms with van der Waals surface area (Å²) in [5.41, 5.74) is 7.08. The van der Waals surface area contributed by atoms with Crippen LogP contribution in [0.5, 0.6) is 0 Å². The summed E-state index contributed by atoms with van der Waals surface area (Å²) in [7, 11) is 0. The van der Waals surface area contributed by atoms with Crippen molar-refractivity contribution in [2.45, 2.75) is 38.6 Å². The van der Waals surface area contributed by atoms with Crippen LogP contribution in [0.3, 0.4) is 0 Å². The summed E-state index contributed by atoms with van der Waals surface area (Å²) in [6.07, 6.45) is 4.40. The molecule has 0 aliphatic carbocycles. The van der Waals surface area contributed by atoms with Crippen molar-refractivity contribution in [3.05, 3.63) is 39.9 Å². The minimum atomic E-state index is -0.396. The molecule has 0 heterocycles. The summed E-state index contributed by atoms with van der Waals surface area (Å²) in [5.74, 6) is 0. The Morgan fingerprint density at radius 2 is 1.88 bits per heavy atom. The summed E-state index contributed by atoms with van der Waals surface area (Å²) in [4.78, 5) is 10.1. The van der Waals surface area contributed by atoms with Gasteiger partial charge in [-0.15, -0.1) is 12.4 Å². The molecular weight excluding hydrogens is 240 g/mol. The number of non-ortho nitro benzene ring substituents is 1. The van der Waals surface area contributed by atoms with Crippen molar-refractivity contribution in [3.8, 4) is 0 Å². The highest BCUT2D eigenvalue weighted by molar-refractivity contribution is 5.85. The Balaban J connectivity index is 0.00000256. The minimum Gasteiger partial charge on any atom is -0.324 e. The first-order chi connectivity index (χ1) is 7.65. The van der Waals surface area contributed by atoms with Gasteiger partial charge in [-0.3, -0.25) is 10.1 Å². The second-order valence-corrected chi connectivity index (χ2v) is 3.95. The van der Waals surface area contributed by atoms with Crippen LogP contribution in [-0.2, 0) is 0 Å². The Labute approximate surface area is 108 Å². The number of nitro benzene ring substituents is 1. The highest BCUT2D eigenvalue weighted by Gasteiger charge is 2.08. The van der Waals surface area contributed by atoms with Crippen LogP contribution in [0.4, 0.5) is 5.69 Å². The van der Waals surface area contributed by atoms with Crippen molar-refractivity contribution >= 4 is 18.1 Å². The Morgan fingerprint density at radius 3 is 2.35 bits per heavy atom. The largest absolute Gasteiger partial charge is 0.324 e. The van der Waals surface area contributed by atoms with Crippen molar-refractivity contribution in [2.24, 2.45) is 5.73 Å². The first-order valence-corrected chi connectivity index (χ1v) is 5.65. The van der Waals surface area contributed by atoms with Crippen molar-refractivity contribution in [1.29, 1.82) is 0 Å². The van der Waals surface area contributed by atoms with Gasteiger partial charge in [0.1, 0.15) is 0 Å². The van der Waals surface area contributed by atoms with Gasteiger partial charge in [0.2, 0.25) is 0 Å². The number of halogens is 1. The topological polar surface area (TPSA) is 69.2 Å². The normalized spacial score (nSPS) is 11.6. The van der Waals surface area contributed by atoms with Crippen molar-refractivity contribution < 1.29 is 4.92 Å². The summed E-state index contributed by atoms with van der Waals surface area (Å²) >= 11 is 0. The van der Waals surface area contributed by atoms with Gasteiger partial charge in [-0.05, 0) is 12.0 Å². The van der Waals surface area contributed by atoms with Crippen molar-refractivity contribution in [1.82, 2.24) is 0 Å².